The summed E-state index contributed by atoms with van der Waals surface area (Å²) < 4.78 is 7.23. The molecule has 4 aromatic rings. The van der Waals surface area contributed by atoms with Gasteiger partial charge in [0, 0.05) is 25.3 Å². The Hall–Kier alpha value is -3.39. The van der Waals surface area contributed by atoms with Crippen molar-refractivity contribution < 1.29 is 9.21 Å². The molecule has 6 rings (SSSR count). The minimum atomic E-state index is 0.0369. The number of nitrogen functional groups attached to an aromatic ring is 1. The third-order valence-electron chi connectivity index (χ3n) is 6.27. The first-order valence-electron chi connectivity index (χ1n) is 10.3. The normalized spacial score (nSPS) is 17.8. The molecule has 8 heteroatoms. The predicted octanol–water partition coefficient (Wildman–Crippen LogP) is 2.64. The number of amides is 1. The van der Waals surface area contributed by atoms with Crippen molar-refractivity contribution in [3.05, 3.63) is 48.4 Å². The number of benzene rings is 1. The molecule has 0 spiro atoms. The number of fused-ring (bicyclic) bond motifs is 2. The van der Waals surface area contributed by atoms with Gasteiger partial charge in [0.05, 0.1) is 6.20 Å². The number of hydrogen-bond donors (Lipinski definition) is 1. The summed E-state index contributed by atoms with van der Waals surface area (Å²) in [6, 6.07) is 10.3. The molecule has 2 aliphatic heterocycles. The van der Waals surface area contributed by atoms with E-state index < -0.39 is 0 Å². The van der Waals surface area contributed by atoms with E-state index in [4.69, 9.17) is 10.2 Å². The van der Waals surface area contributed by atoms with Gasteiger partial charge < -0.3 is 15.1 Å². The van der Waals surface area contributed by atoms with E-state index in [0.29, 0.717) is 22.8 Å². The van der Waals surface area contributed by atoms with E-state index in [1.807, 2.05) is 45.8 Å². The Balaban J connectivity index is 1.29. The molecule has 5 heterocycles. The lowest BCUT2D eigenvalue weighted by Gasteiger charge is -2.43. The maximum Gasteiger partial charge on any atom is 0.292 e. The second-order valence-corrected chi connectivity index (χ2v) is 8.13. The zero-order valence-corrected chi connectivity index (χ0v) is 16.5. The van der Waals surface area contributed by atoms with E-state index in [2.05, 4.69) is 14.9 Å². The van der Waals surface area contributed by atoms with E-state index in [0.717, 1.165) is 43.0 Å². The Bertz CT molecular complexity index is 1260. The smallest absolute Gasteiger partial charge is 0.292 e. The topological polar surface area (TPSA) is 92.9 Å². The molecule has 3 aromatic heterocycles. The number of nitrogens with zero attached hydrogens (tertiary/aromatic N) is 5. The fraction of sp³-hybridized carbons (Fsp3) is 0.318. The molecule has 2 fully saturated rings. The molecule has 2 N–H and O–H groups in total. The van der Waals surface area contributed by atoms with Gasteiger partial charge in [-0.2, -0.15) is 4.98 Å². The number of aromatic nitrogens is 3. The molecule has 0 aliphatic carbocycles. The molecule has 8 nitrogen and oxygen atoms in total. The average Bonchev–Trinajstić information content (AvgIpc) is 3.44. The first kappa shape index (κ1) is 17.5. The van der Waals surface area contributed by atoms with Crippen LogP contribution in [0.1, 0.15) is 23.3 Å². The average molecular weight is 402 g/mol. The zero-order valence-electron chi connectivity index (χ0n) is 16.5. The minimum absolute atomic E-state index is 0.0369. The quantitative estimate of drug-likeness (QED) is 0.566. The van der Waals surface area contributed by atoms with Gasteiger partial charge in [0.1, 0.15) is 16.9 Å². The third kappa shape index (κ3) is 2.75. The number of oxazole rings is 1. The van der Waals surface area contributed by atoms with Crippen molar-refractivity contribution in [2.24, 2.45) is 0 Å². The molecule has 152 valence electrons. The second kappa shape index (κ2) is 6.56. The van der Waals surface area contributed by atoms with Gasteiger partial charge in [-0.1, -0.05) is 6.07 Å². The van der Waals surface area contributed by atoms with E-state index in [1.165, 1.54) is 12.8 Å². The fourth-order valence-corrected chi connectivity index (χ4v) is 4.56. The van der Waals surface area contributed by atoms with E-state index in [9.17, 15) is 4.79 Å². The molecule has 0 atom stereocenters. The van der Waals surface area contributed by atoms with Gasteiger partial charge in [-0.25, -0.2) is 4.98 Å². The number of carbonyl (C=O) groups is 1. The molecular formula is C22H22N6O2. The number of carbonyl (C=O) groups excluding carboxylic acids is 1. The maximum atomic E-state index is 13.1. The molecule has 0 radical (unpaired) electrons. The SMILES string of the molecule is Nc1nc2cc(-c3ccc4ncc(C(=O)N5CC(N6CCCC6)C5)n4c3)ccc2o1. The van der Waals surface area contributed by atoms with Crippen molar-refractivity contribution in [2.75, 3.05) is 31.9 Å². The van der Waals surface area contributed by atoms with Crippen molar-refractivity contribution in [3.63, 3.8) is 0 Å². The van der Waals surface area contributed by atoms with Crippen LogP contribution < -0.4 is 5.73 Å². The third-order valence-corrected chi connectivity index (χ3v) is 6.27. The molecule has 0 saturated carbocycles. The standard InChI is InChI=1S/C22H22N6O2/c23-22-25-17-9-14(3-5-19(17)30-22)15-4-6-20-24-10-18(28(20)11-15)21(29)27-12-16(13-27)26-7-1-2-8-26/h3-6,9-11,16H,1-2,7-8,12-13H2,(H2,23,25). The van der Waals surface area contributed by atoms with E-state index in [1.54, 1.807) is 6.20 Å². The lowest BCUT2D eigenvalue weighted by molar-refractivity contribution is 0.0328. The highest BCUT2D eigenvalue weighted by Crippen LogP contribution is 2.27. The van der Waals surface area contributed by atoms with Crippen LogP contribution in [0.5, 0.6) is 0 Å². The van der Waals surface area contributed by atoms with Crippen LogP contribution in [-0.4, -0.2) is 62.3 Å². The lowest BCUT2D eigenvalue weighted by atomic mass is 10.1. The van der Waals surface area contributed by atoms with Gasteiger partial charge in [0.15, 0.2) is 5.58 Å². The van der Waals surface area contributed by atoms with Crippen LogP contribution in [0.25, 0.3) is 27.9 Å². The highest BCUT2D eigenvalue weighted by Gasteiger charge is 2.36. The van der Waals surface area contributed by atoms with Crippen LogP contribution in [0, 0.1) is 0 Å². The number of imidazole rings is 1. The van der Waals surface area contributed by atoms with Crippen molar-refractivity contribution in [3.8, 4) is 11.1 Å². The Kier molecular flexibility index (Phi) is 3.82. The van der Waals surface area contributed by atoms with Crippen LogP contribution in [-0.2, 0) is 0 Å². The van der Waals surface area contributed by atoms with E-state index in [-0.39, 0.29) is 11.9 Å². The number of hydrogen-bond acceptors (Lipinski definition) is 6. The summed E-state index contributed by atoms with van der Waals surface area (Å²) in [5.41, 5.74) is 10.3. The van der Waals surface area contributed by atoms with Crippen molar-refractivity contribution >= 4 is 28.7 Å². The summed E-state index contributed by atoms with van der Waals surface area (Å²) in [6.07, 6.45) is 6.17. The number of nitrogens with two attached hydrogens (primary N) is 1. The summed E-state index contributed by atoms with van der Waals surface area (Å²) in [5, 5.41) is 0. The van der Waals surface area contributed by atoms with E-state index >= 15 is 0 Å². The highest BCUT2D eigenvalue weighted by molar-refractivity contribution is 5.94. The van der Waals surface area contributed by atoms with Crippen LogP contribution >= 0.6 is 0 Å². The van der Waals surface area contributed by atoms with Gasteiger partial charge in [0.25, 0.3) is 11.9 Å². The van der Waals surface area contributed by atoms with Crippen molar-refractivity contribution in [1.29, 1.82) is 0 Å². The molecule has 2 saturated heterocycles. The molecule has 30 heavy (non-hydrogen) atoms. The number of pyridine rings is 1. The summed E-state index contributed by atoms with van der Waals surface area (Å²) in [4.78, 5) is 26.2. The Morgan fingerprint density at radius 1 is 1.10 bits per heavy atom. The van der Waals surface area contributed by atoms with Crippen LogP contribution in [0.2, 0.25) is 0 Å². The lowest BCUT2D eigenvalue weighted by Crippen LogP contribution is -2.60. The van der Waals surface area contributed by atoms with Gasteiger partial charge in [-0.3, -0.25) is 14.1 Å². The minimum Gasteiger partial charge on any atom is -0.424 e. The van der Waals surface area contributed by atoms with Gasteiger partial charge in [-0.15, -0.1) is 0 Å². The van der Waals surface area contributed by atoms with Crippen molar-refractivity contribution in [2.45, 2.75) is 18.9 Å². The molecule has 1 aromatic carbocycles. The van der Waals surface area contributed by atoms with Gasteiger partial charge >= 0.3 is 0 Å². The summed E-state index contributed by atoms with van der Waals surface area (Å²) in [6.45, 7) is 3.92. The summed E-state index contributed by atoms with van der Waals surface area (Å²) in [5.74, 6) is 0.0369. The fourth-order valence-electron chi connectivity index (χ4n) is 4.56. The monoisotopic (exact) mass is 402 g/mol. The van der Waals surface area contributed by atoms with Gasteiger partial charge in [0.2, 0.25) is 0 Å². The van der Waals surface area contributed by atoms with Crippen LogP contribution in [0.4, 0.5) is 6.01 Å². The summed E-state index contributed by atoms with van der Waals surface area (Å²) in [7, 11) is 0. The van der Waals surface area contributed by atoms with Gasteiger partial charge in [-0.05, 0) is 61.3 Å². The molecule has 0 unspecified atom stereocenters. The second-order valence-electron chi connectivity index (χ2n) is 8.13. The van der Waals surface area contributed by atoms with Crippen molar-refractivity contribution in [1.82, 2.24) is 24.2 Å². The maximum absolute atomic E-state index is 13.1. The Morgan fingerprint density at radius 2 is 1.90 bits per heavy atom. The molecule has 1 amide bonds. The molecule has 2 aliphatic rings. The number of likely N-dealkylation sites (tertiary alicyclic amines) is 2. The van der Waals surface area contributed by atoms with Crippen LogP contribution in [0.15, 0.2) is 47.1 Å². The molecule has 0 bridgehead atoms. The first-order chi connectivity index (χ1) is 14.7. The molecular weight excluding hydrogens is 380 g/mol. The highest BCUT2D eigenvalue weighted by atomic mass is 16.4. The Labute approximate surface area is 172 Å². The Morgan fingerprint density at radius 3 is 2.73 bits per heavy atom. The predicted molar refractivity (Wildman–Crippen MR) is 113 cm³/mol. The first-order valence-corrected chi connectivity index (χ1v) is 10.3. The zero-order chi connectivity index (χ0) is 20.2. The largest absolute Gasteiger partial charge is 0.424 e. The summed E-state index contributed by atoms with van der Waals surface area (Å²) >= 11 is 0. The number of rotatable bonds is 3. The van der Waals surface area contributed by atoms with Crippen LogP contribution in [0.3, 0.4) is 0 Å². The number of anilines is 1.